The molecule has 2 amide bonds. The minimum Gasteiger partial charge on any atom is -0.367 e. The number of H-pyrrole nitrogens is 1. The third-order valence-corrected chi connectivity index (χ3v) is 11.5. The van der Waals surface area contributed by atoms with Crippen LogP contribution < -0.4 is 16.3 Å². The Morgan fingerprint density at radius 3 is 2.58 bits per heavy atom. The van der Waals surface area contributed by atoms with E-state index in [9.17, 15) is 27.6 Å². The average molecular weight is 813 g/mol. The number of ether oxygens (including phenoxy) is 1. The van der Waals surface area contributed by atoms with Crippen LogP contribution in [-0.4, -0.2) is 128 Å². The topological polar surface area (TPSA) is 146 Å². The van der Waals surface area contributed by atoms with Gasteiger partial charge in [-0.05, 0) is 48.7 Å². The molecule has 3 saturated heterocycles. The van der Waals surface area contributed by atoms with Crippen molar-refractivity contribution in [1.82, 2.24) is 44.1 Å². The van der Waals surface area contributed by atoms with Gasteiger partial charge in [-0.15, -0.1) is 0 Å². The molecule has 0 spiro atoms. The van der Waals surface area contributed by atoms with Crippen molar-refractivity contribution >= 4 is 39.8 Å². The first-order chi connectivity index (χ1) is 28.5. The van der Waals surface area contributed by atoms with Gasteiger partial charge in [0.1, 0.15) is 18.3 Å². The molecule has 59 heavy (non-hydrogen) atoms. The molecule has 3 N–H and O–H groups in total. The summed E-state index contributed by atoms with van der Waals surface area (Å²) in [4.78, 5) is 56.4. The highest BCUT2D eigenvalue weighted by Crippen LogP contribution is 2.29. The number of carbonyl (C=O) groups excluding carboxylic acids is 2. The first-order valence-corrected chi connectivity index (χ1v) is 20.0. The fraction of sp³-hybridized carbons (Fsp3) is 0.452. The zero-order valence-electron chi connectivity index (χ0n) is 32.9. The van der Waals surface area contributed by atoms with Crippen molar-refractivity contribution in [2.24, 2.45) is 7.05 Å². The van der Waals surface area contributed by atoms with Gasteiger partial charge >= 0.3 is 11.9 Å². The van der Waals surface area contributed by atoms with Gasteiger partial charge in [0.05, 0.1) is 24.1 Å². The van der Waals surface area contributed by atoms with Crippen LogP contribution in [0.3, 0.4) is 0 Å². The molecule has 0 bridgehead atoms. The van der Waals surface area contributed by atoms with Gasteiger partial charge in [-0.25, -0.2) is 9.78 Å². The van der Waals surface area contributed by atoms with E-state index in [4.69, 9.17) is 4.74 Å². The number of nitrogens with one attached hydrogen (secondary N) is 3. The summed E-state index contributed by atoms with van der Waals surface area (Å²) in [7, 11) is 1.67. The molecule has 2 unspecified atom stereocenters. The number of imide groups is 1. The minimum atomic E-state index is -4.23. The van der Waals surface area contributed by atoms with Gasteiger partial charge in [-0.2, -0.15) is 18.2 Å². The van der Waals surface area contributed by atoms with Crippen LogP contribution in [0.4, 0.5) is 19.1 Å². The number of aryl methyl sites for hydroxylation is 1. The Bertz CT molecular complexity index is 2440. The molecule has 2 aromatic carbocycles. The number of rotatable bonds is 12. The summed E-state index contributed by atoms with van der Waals surface area (Å²) in [6, 6.07) is 13.8. The summed E-state index contributed by atoms with van der Waals surface area (Å²) >= 11 is 0. The first kappa shape index (κ1) is 40.2. The van der Waals surface area contributed by atoms with Crippen LogP contribution >= 0.6 is 0 Å². The zero-order chi connectivity index (χ0) is 41.1. The first-order valence-electron chi connectivity index (χ1n) is 20.0. The lowest BCUT2D eigenvalue weighted by atomic mass is 10.0. The van der Waals surface area contributed by atoms with Crippen LogP contribution in [0.1, 0.15) is 42.9 Å². The highest BCUT2D eigenvalue weighted by atomic mass is 19.4. The van der Waals surface area contributed by atoms with Crippen molar-refractivity contribution < 1.29 is 27.5 Å². The highest BCUT2D eigenvalue weighted by molar-refractivity contribution is 6.00. The number of carbonyl (C=O) groups is 2. The molecule has 3 fully saturated rings. The number of nitrogens with zero attached hydrogens (tertiary/aromatic N) is 7. The van der Waals surface area contributed by atoms with Gasteiger partial charge in [0.25, 0.3) is 0 Å². The van der Waals surface area contributed by atoms with Crippen LogP contribution in [0.2, 0.25) is 0 Å². The van der Waals surface area contributed by atoms with Crippen LogP contribution in [0.25, 0.3) is 33.2 Å². The van der Waals surface area contributed by atoms with Gasteiger partial charge in [-0.1, -0.05) is 36.1 Å². The number of alkyl halides is 3. The van der Waals surface area contributed by atoms with Crippen LogP contribution in [-0.2, 0) is 27.9 Å². The van der Waals surface area contributed by atoms with Gasteiger partial charge in [0, 0.05) is 101 Å². The summed E-state index contributed by atoms with van der Waals surface area (Å²) in [5.74, 6) is 5.60. The molecule has 6 heterocycles. The van der Waals surface area contributed by atoms with E-state index in [0.29, 0.717) is 35.9 Å². The minimum absolute atomic E-state index is 0.160. The number of anilines is 1. The molecule has 3 aliphatic heterocycles. The monoisotopic (exact) mass is 812 g/mol. The number of halogens is 3. The molecule has 310 valence electrons. The quantitative estimate of drug-likeness (QED) is 0.0965. The highest BCUT2D eigenvalue weighted by Gasteiger charge is 2.32. The second-order valence-corrected chi connectivity index (χ2v) is 15.4. The lowest BCUT2D eigenvalue weighted by Crippen LogP contribution is -2.50. The largest absolute Gasteiger partial charge is 0.390 e. The summed E-state index contributed by atoms with van der Waals surface area (Å²) in [5, 5.41) is 5.78. The number of piperidine rings is 1. The maximum Gasteiger partial charge on any atom is 0.390 e. The van der Waals surface area contributed by atoms with Crippen molar-refractivity contribution in [3.05, 3.63) is 76.5 Å². The van der Waals surface area contributed by atoms with Crippen molar-refractivity contribution in [3.63, 3.8) is 0 Å². The number of aromatic amines is 1. The number of likely N-dealkylation sites (tertiary alicyclic amines) is 1. The molecular weight excluding hydrogens is 766 g/mol. The Hall–Kier alpha value is -5.54. The van der Waals surface area contributed by atoms with Gasteiger partial charge in [-0.3, -0.25) is 38.7 Å². The van der Waals surface area contributed by atoms with Crippen LogP contribution in [0.5, 0.6) is 0 Å². The number of imidazole rings is 1. The predicted molar refractivity (Wildman–Crippen MR) is 216 cm³/mol. The van der Waals surface area contributed by atoms with Crippen molar-refractivity contribution in [2.75, 3.05) is 70.9 Å². The zero-order valence-corrected chi connectivity index (χ0v) is 32.9. The molecule has 0 saturated carbocycles. The lowest BCUT2D eigenvalue weighted by molar-refractivity contribution is -0.136. The summed E-state index contributed by atoms with van der Waals surface area (Å²) < 4.78 is 46.3. The second-order valence-electron chi connectivity index (χ2n) is 15.4. The molecular formula is C42H47F3N10O4. The molecule has 0 aliphatic carbocycles. The van der Waals surface area contributed by atoms with E-state index in [0.717, 1.165) is 80.9 Å². The predicted octanol–water partition coefficient (Wildman–Crippen LogP) is 3.88. The number of hydrogen-bond acceptors (Lipinski definition) is 10. The molecule has 5 aromatic rings. The fourth-order valence-corrected chi connectivity index (χ4v) is 8.32. The molecule has 2 atom stereocenters. The van der Waals surface area contributed by atoms with Crippen LogP contribution in [0, 0.1) is 11.8 Å². The summed E-state index contributed by atoms with van der Waals surface area (Å²) in [6.07, 6.45) is -0.0684. The van der Waals surface area contributed by atoms with E-state index in [2.05, 4.69) is 76.4 Å². The Morgan fingerprint density at radius 1 is 0.983 bits per heavy atom. The lowest BCUT2D eigenvalue weighted by Gasteiger charge is -2.38. The third kappa shape index (κ3) is 9.36. The molecule has 14 nitrogen and oxygen atoms in total. The van der Waals surface area contributed by atoms with Gasteiger partial charge in [0.2, 0.25) is 17.8 Å². The van der Waals surface area contributed by atoms with Gasteiger partial charge < -0.3 is 15.0 Å². The van der Waals surface area contributed by atoms with E-state index in [1.807, 2.05) is 18.3 Å². The van der Waals surface area contributed by atoms with Crippen molar-refractivity contribution in [1.29, 1.82) is 0 Å². The summed E-state index contributed by atoms with van der Waals surface area (Å²) in [6.45, 7) is 8.50. The Morgan fingerprint density at radius 2 is 1.80 bits per heavy atom. The average Bonchev–Trinajstić information content (AvgIpc) is 3.93. The Labute approximate surface area is 338 Å². The number of amides is 2. The number of fused-ring (bicyclic) bond motifs is 2. The normalized spacial score (nSPS) is 19.7. The number of benzene rings is 2. The number of piperazine rings is 1. The SMILES string of the molecule is Cn1c(=O)n(C2CCC(=O)NC2=O)c2ccc(C#CCOCCN3CCC(N4CCN(Cc5ccc(-c6c[nH]c7nc(NCCC(F)(F)F)ncc67)cc5)CC4)C3)cc21. The van der Waals surface area contributed by atoms with E-state index in [-0.39, 0.29) is 36.9 Å². The third-order valence-electron chi connectivity index (χ3n) is 11.5. The Kier molecular flexibility index (Phi) is 11.8. The maximum absolute atomic E-state index is 13.0. The molecule has 3 aliphatic rings. The van der Waals surface area contributed by atoms with Crippen molar-refractivity contribution in [2.45, 2.75) is 50.5 Å². The molecule has 8 rings (SSSR count). The van der Waals surface area contributed by atoms with E-state index in [1.54, 1.807) is 19.3 Å². The van der Waals surface area contributed by atoms with Gasteiger partial charge in [0.15, 0.2) is 0 Å². The Balaban J connectivity index is 0.744. The van der Waals surface area contributed by atoms with Crippen LogP contribution in [0.15, 0.2) is 59.7 Å². The molecule has 0 radical (unpaired) electrons. The number of hydrogen-bond donors (Lipinski definition) is 3. The van der Waals surface area contributed by atoms with E-state index < -0.39 is 24.5 Å². The molecule has 17 heteroatoms. The van der Waals surface area contributed by atoms with Crippen molar-refractivity contribution in [3.8, 4) is 23.0 Å². The fourth-order valence-electron chi connectivity index (χ4n) is 8.32. The second kappa shape index (κ2) is 17.4. The maximum atomic E-state index is 13.0. The van der Waals surface area contributed by atoms with E-state index in [1.165, 1.54) is 14.7 Å². The standard InChI is InChI=1S/C42H47F3N10O4/c1-51-36-23-28(6-9-34(36)55(41(51)58)35-10-11-37(56)49-39(35)57)3-2-21-59-22-20-52-15-12-31(27-52)54-18-16-53(17-19-54)26-29-4-7-30(8-5-29)32-24-47-38-33(32)25-48-40(50-38)46-14-13-42(43,44)45/h4-9,23-25,31,35H,10-22,26-27H2,1H3,(H,49,56,57)(H2,46,47,48,50). The molecule has 3 aromatic heterocycles. The number of aromatic nitrogens is 5. The summed E-state index contributed by atoms with van der Waals surface area (Å²) in [5.41, 5.74) is 5.50. The smallest absolute Gasteiger partial charge is 0.367 e. The van der Waals surface area contributed by atoms with E-state index >= 15 is 0 Å².